The second-order valence-electron chi connectivity index (χ2n) is 16.2. The van der Waals surface area contributed by atoms with E-state index in [0.29, 0.717) is 23.7 Å². The molecule has 1 aromatic rings. The number of oxime groups is 1. The number of unbranched alkanes of at least 4 members (excludes halogenated alkanes) is 2. The van der Waals surface area contributed by atoms with Crippen LogP contribution in [0.5, 0.6) is 5.75 Å². The number of ether oxygens (including phenoxy) is 1. The first-order chi connectivity index (χ1) is 21.8. The minimum absolute atomic E-state index is 0.204. The lowest BCUT2D eigenvalue weighted by molar-refractivity contribution is -0.136. The number of anilines is 1. The Hall–Kier alpha value is -2.56. The molecule has 0 bridgehead atoms. The van der Waals surface area contributed by atoms with Crippen molar-refractivity contribution in [2.24, 2.45) is 39.7 Å². The highest BCUT2D eigenvalue weighted by Gasteiger charge is 2.59. The highest BCUT2D eigenvalue weighted by atomic mass is 16.6. The molecule has 0 saturated heterocycles. The summed E-state index contributed by atoms with van der Waals surface area (Å²) in [6, 6.07) is 2.44. The number of nitrogens with zero attached hydrogens (tertiary/aromatic N) is 2. The third-order valence-electron chi connectivity index (χ3n) is 14.0. The molecule has 4 saturated carbocycles. The second-order valence-corrected chi connectivity index (χ2v) is 16.2. The smallest absolute Gasteiger partial charge is 0.140 e. The van der Waals surface area contributed by atoms with Crippen LogP contribution in [0.4, 0.5) is 5.69 Å². The van der Waals surface area contributed by atoms with Crippen molar-refractivity contribution in [1.82, 2.24) is 0 Å². The van der Waals surface area contributed by atoms with Gasteiger partial charge in [0.1, 0.15) is 23.9 Å². The van der Waals surface area contributed by atoms with E-state index in [1.807, 2.05) is 0 Å². The molecule has 6 atom stereocenters. The third kappa shape index (κ3) is 5.01. The average Bonchev–Trinajstić information content (AvgIpc) is 3.37. The molecule has 0 radical (unpaired) electrons. The van der Waals surface area contributed by atoms with Gasteiger partial charge in [-0.05, 0) is 149 Å². The molecule has 0 amide bonds. The zero-order valence-corrected chi connectivity index (χ0v) is 27.9. The maximum Gasteiger partial charge on any atom is 0.140 e. The lowest BCUT2D eigenvalue weighted by Crippen LogP contribution is -2.53. The number of hydrogen-bond donors (Lipinski definition) is 0. The van der Waals surface area contributed by atoms with Gasteiger partial charge < -0.3 is 14.5 Å². The fraction of sp³-hybridized carbons (Fsp3) is 0.700. The molecule has 0 spiro atoms. The third-order valence-corrected chi connectivity index (χ3v) is 14.0. The Morgan fingerprint density at radius 1 is 1.00 bits per heavy atom. The van der Waals surface area contributed by atoms with E-state index in [-0.39, 0.29) is 5.41 Å². The topological polar surface area (TPSA) is 51.1 Å². The summed E-state index contributed by atoms with van der Waals surface area (Å²) in [6.45, 7) is 12.3. The summed E-state index contributed by atoms with van der Waals surface area (Å²) in [7, 11) is 0. The number of Topliss-reactive ketones (excluding diaryl/α,β-unsaturated/α-hetero) is 1. The van der Waals surface area contributed by atoms with Crippen LogP contribution in [0.25, 0.3) is 5.57 Å². The predicted octanol–water partition coefficient (Wildman–Crippen LogP) is 9.22. The van der Waals surface area contributed by atoms with Gasteiger partial charge in [0.25, 0.3) is 0 Å². The minimum atomic E-state index is 0.204. The van der Waals surface area contributed by atoms with Gasteiger partial charge in [-0.25, -0.2) is 0 Å². The maximum absolute atomic E-state index is 12.2. The zero-order valence-electron chi connectivity index (χ0n) is 27.9. The SMILES string of the molecule is C=C1C=C(CCCCCO/N=C2/CC[C@H]3[C@@H]4CC[C@H]5CC(=O)CC[C@]5(C)[C@H]4CC[C@]23C)c2cc3c4c(c2O1)CCCN4CCC3. The van der Waals surface area contributed by atoms with Gasteiger partial charge in [0.15, 0.2) is 0 Å². The van der Waals surface area contributed by atoms with E-state index in [0.717, 1.165) is 87.0 Å². The highest BCUT2D eigenvalue weighted by molar-refractivity contribution is 5.92. The van der Waals surface area contributed by atoms with Crippen molar-refractivity contribution in [1.29, 1.82) is 0 Å². The molecule has 242 valence electrons. The molecule has 45 heavy (non-hydrogen) atoms. The van der Waals surface area contributed by atoms with Gasteiger partial charge in [0.2, 0.25) is 0 Å². The number of aryl methyl sites for hydroxylation is 1. The molecule has 5 nitrogen and oxygen atoms in total. The molecule has 3 aliphatic heterocycles. The van der Waals surface area contributed by atoms with E-state index < -0.39 is 0 Å². The van der Waals surface area contributed by atoms with Crippen molar-refractivity contribution in [3.8, 4) is 5.75 Å². The summed E-state index contributed by atoms with van der Waals surface area (Å²) in [6.07, 6.45) is 21.6. The van der Waals surface area contributed by atoms with Crippen LogP contribution in [0.15, 0.2) is 29.6 Å². The fourth-order valence-electron chi connectivity index (χ4n) is 11.6. The van der Waals surface area contributed by atoms with Crippen molar-refractivity contribution >= 4 is 22.8 Å². The molecule has 7 aliphatic rings. The van der Waals surface area contributed by atoms with E-state index in [1.54, 1.807) is 0 Å². The quantitative estimate of drug-likeness (QED) is 0.228. The number of allylic oxidation sites excluding steroid dienone is 2. The number of carbonyl (C=O) groups excluding carboxylic acids is 1. The molecular formula is C40H54N2O3. The summed E-state index contributed by atoms with van der Waals surface area (Å²) >= 11 is 0. The number of fused-ring (bicyclic) bond motifs is 7. The number of carbonyl (C=O) groups is 1. The molecule has 3 heterocycles. The van der Waals surface area contributed by atoms with Gasteiger partial charge in [-0.2, -0.15) is 0 Å². The number of rotatable bonds is 7. The molecule has 0 N–H and O–H groups in total. The Morgan fingerprint density at radius 2 is 1.87 bits per heavy atom. The van der Waals surface area contributed by atoms with Crippen LogP contribution in [0.3, 0.4) is 0 Å². The first-order valence-electron chi connectivity index (χ1n) is 18.6. The molecule has 4 aliphatic carbocycles. The first kappa shape index (κ1) is 29.8. The number of hydrogen-bond acceptors (Lipinski definition) is 5. The van der Waals surface area contributed by atoms with Crippen molar-refractivity contribution in [3.63, 3.8) is 0 Å². The van der Waals surface area contributed by atoms with Crippen molar-refractivity contribution in [3.05, 3.63) is 41.2 Å². The van der Waals surface area contributed by atoms with Crippen molar-refractivity contribution in [2.75, 3.05) is 24.6 Å². The van der Waals surface area contributed by atoms with Crippen LogP contribution in [0.1, 0.15) is 127 Å². The van der Waals surface area contributed by atoms with E-state index in [2.05, 4.69) is 37.5 Å². The number of ketones is 1. The van der Waals surface area contributed by atoms with Gasteiger partial charge in [0.05, 0.1) is 5.71 Å². The van der Waals surface area contributed by atoms with Gasteiger partial charge in [-0.15, -0.1) is 0 Å². The van der Waals surface area contributed by atoms with Crippen molar-refractivity contribution < 1.29 is 14.4 Å². The largest absolute Gasteiger partial charge is 0.457 e. The predicted molar refractivity (Wildman–Crippen MR) is 182 cm³/mol. The van der Waals surface area contributed by atoms with Gasteiger partial charge in [0, 0.05) is 48.2 Å². The van der Waals surface area contributed by atoms with E-state index in [1.165, 1.54) is 98.1 Å². The number of benzene rings is 1. The Kier molecular flexibility index (Phi) is 7.69. The van der Waals surface area contributed by atoms with Gasteiger partial charge in [-0.3, -0.25) is 4.79 Å². The van der Waals surface area contributed by atoms with Crippen LogP contribution in [0, 0.1) is 34.5 Å². The molecule has 5 heteroatoms. The normalized spacial score (nSPS) is 35.9. The standard InChI is InChI=1S/C40H54N2O3/c1-26-23-27(33-24-28-10-7-20-42-21-8-11-32(37(28)42)38(33)45-26)9-5-4-6-22-44-41-36-15-14-34-31-13-12-29-25-30(43)16-18-39(29,2)35(31)17-19-40(34,36)3/h23-24,29,31,34-35H,1,4-22,25H2,2-3H3/b41-36-/t29-,31-,34-,35-,39-,40-/m0/s1. The molecule has 8 rings (SSSR count). The molecule has 1 aromatic carbocycles. The van der Waals surface area contributed by atoms with Crippen LogP contribution in [0.2, 0.25) is 0 Å². The van der Waals surface area contributed by atoms with Crippen LogP contribution < -0.4 is 9.64 Å². The highest BCUT2D eigenvalue weighted by Crippen LogP contribution is 2.65. The Bertz CT molecular complexity index is 1440. The summed E-state index contributed by atoms with van der Waals surface area (Å²) in [4.78, 5) is 20.9. The first-order valence-corrected chi connectivity index (χ1v) is 18.6. The van der Waals surface area contributed by atoms with Crippen LogP contribution in [-0.2, 0) is 22.5 Å². The molecule has 0 aromatic heterocycles. The van der Waals surface area contributed by atoms with Crippen LogP contribution >= 0.6 is 0 Å². The molecule has 0 unspecified atom stereocenters. The van der Waals surface area contributed by atoms with Gasteiger partial charge in [-0.1, -0.05) is 25.6 Å². The second kappa shape index (κ2) is 11.6. The maximum atomic E-state index is 12.2. The lowest BCUT2D eigenvalue weighted by atomic mass is 9.45. The minimum Gasteiger partial charge on any atom is -0.457 e. The summed E-state index contributed by atoms with van der Waals surface area (Å²) in [5.41, 5.74) is 9.05. The Balaban J connectivity index is 0.850. The van der Waals surface area contributed by atoms with Gasteiger partial charge >= 0.3 is 0 Å². The lowest BCUT2D eigenvalue weighted by Gasteiger charge is -2.59. The molecule has 4 fully saturated rings. The average molecular weight is 611 g/mol. The molecular weight excluding hydrogens is 556 g/mol. The van der Waals surface area contributed by atoms with Crippen LogP contribution in [-0.4, -0.2) is 31.2 Å². The van der Waals surface area contributed by atoms with Crippen molar-refractivity contribution in [2.45, 2.75) is 123 Å². The summed E-state index contributed by atoms with van der Waals surface area (Å²) < 4.78 is 6.30. The van der Waals surface area contributed by atoms with E-state index in [4.69, 9.17) is 14.7 Å². The zero-order chi connectivity index (χ0) is 30.8. The Morgan fingerprint density at radius 3 is 2.76 bits per heavy atom. The Labute approximate surface area is 270 Å². The monoisotopic (exact) mass is 610 g/mol. The summed E-state index contributed by atoms with van der Waals surface area (Å²) in [5, 5.41) is 4.85. The van der Waals surface area contributed by atoms with E-state index in [9.17, 15) is 4.79 Å². The summed E-state index contributed by atoms with van der Waals surface area (Å²) in [5.74, 6) is 5.35. The van der Waals surface area contributed by atoms with E-state index >= 15 is 0 Å². The fourth-order valence-corrected chi connectivity index (χ4v) is 11.6.